The molecule has 1 N–H and O–H groups in total. The highest BCUT2D eigenvalue weighted by Crippen LogP contribution is 2.39. The maximum atomic E-state index is 3.58. The van der Waals surface area contributed by atoms with Gasteiger partial charge in [0.25, 0.3) is 0 Å². The normalized spacial score (nSPS) is 26.6. The van der Waals surface area contributed by atoms with Crippen LogP contribution in [0, 0.1) is 0 Å². The number of hydrogen-bond donors (Lipinski definition) is 1. The summed E-state index contributed by atoms with van der Waals surface area (Å²) in [6.45, 7) is 4.48. The van der Waals surface area contributed by atoms with Crippen LogP contribution in [0.5, 0.6) is 0 Å². The second-order valence-corrected chi connectivity index (χ2v) is 4.28. The van der Waals surface area contributed by atoms with E-state index in [1.165, 1.54) is 15.7 Å². The molecule has 0 saturated heterocycles. The highest BCUT2D eigenvalue weighted by molar-refractivity contribution is 9.10. The van der Waals surface area contributed by atoms with Crippen LogP contribution in [-0.2, 0) is 0 Å². The van der Waals surface area contributed by atoms with Crippen molar-refractivity contribution in [3.05, 3.63) is 28.2 Å². The molecule has 0 amide bonds. The summed E-state index contributed by atoms with van der Waals surface area (Å²) in [4.78, 5) is 0. The molecule has 1 heterocycles. The summed E-state index contributed by atoms with van der Waals surface area (Å²) in [5.41, 5.74) is 2.70. The minimum Gasteiger partial charge on any atom is -0.382 e. The third-order valence-electron chi connectivity index (χ3n) is 2.64. The quantitative estimate of drug-likeness (QED) is 0.715. The summed E-state index contributed by atoms with van der Waals surface area (Å²) in [7, 11) is 0. The molecule has 12 heavy (non-hydrogen) atoms. The van der Waals surface area contributed by atoms with Gasteiger partial charge in [0, 0.05) is 22.1 Å². The van der Waals surface area contributed by atoms with Crippen molar-refractivity contribution in [1.29, 1.82) is 0 Å². The smallest absolute Gasteiger partial charge is 0.0389 e. The molecule has 0 saturated carbocycles. The molecular formula is C10H12BrN. The predicted molar refractivity (Wildman–Crippen MR) is 55.6 cm³/mol. The number of benzene rings is 1. The molecule has 0 spiro atoms. The second kappa shape index (κ2) is 2.77. The van der Waals surface area contributed by atoms with Gasteiger partial charge >= 0.3 is 0 Å². The van der Waals surface area contributed by atoms with Crippen LogP contribution in [0.25, 0.3) is 0 Å². The fraction of sp³-hybridized carbons (Fsp3) is 0.400. The van der Waals surface area contributed by atoms with Crippen LogP contribution in [-0.4, -0.2) is 6.04 Å². The summed E-state index contributed by atoms with van der Waals surface area (Å²) in [6.07, 6.45) is 0. The lowest BCUT2D eigenvalue weighted by Gasteiger charge is -2.09. The number of anilines is 1. The molecular weight excluding hydrogens is 214 g/mol. The van der Waals surface area contributed by atoms with Gasteiger partial charge in [-0.15, -0.1) is 0 Å². The molecule has 1 aromatic carbocycles. The van der Waals surface area contributed by atoms with Crippen LogP contribution in [0.3, 0.4) is 0 Å². The molecule has 0 fully saturated rings. The molecule has 1 nitrogen and oxygen atoms in total. The van der Waals surface area contributed by atoms with Crippen LogP contribution >= 0.6 is 15.9 Å². The van der Waals surface area contributed by atoms with Gasteiger partial charge in [0.2, 0.25) is 0 Å². The van der Waals surface area contributed by atoms with Gasteiger partial charge in [0.15, 0.2) is 0 Å². The van der Waals surface area contributed by atoms with E-state index in [0.29, 0.717) is 12.0 Å². The van der Waals surface area contributed by atoms with Crippen molar-refractivity contribution in [3.63, 3.8) is 0 Å². The summed E-state index contributed by atoms with van der Waals surface area (Å²) in [5, 5.41) is 3.46. The van der Waals surface area contributed by atoms with E-state index in [4.69, 9.17) is 0 Å². The molecule has 2 atom stereocenters. The average molecular weight is 226 g/mol. The first-order chi connectivity index (χ1) is 5.70. The van der Waals surface area contributed by atoms with Crippen molar-refractivity contribution in [2.75, 3.05) is 5.32 Å². The second-order valence-electron chi connectivity index (χ2n) is 3.42. The van der Waals surface area contributed by atoms with Crippen LogP contribution in [0.1, 0.15) is 25.3 Å². The lowest BCUT2D eigenvalue weighted by molar-refractivity contribution is 0.688. The number of nitrogens with one attached hydrogen (secondary N) is 1. The van der Waals surface area contributed by atoms with Gasteiger partial charge in [-0.25, -0.2) is 0 Å². The van der Waals surface area contributed by atoms with E-state index in [2.05, 4.69) is 53.3 Å². The zero-order chi connectivity index (χ0) is 8.72. The highest BCUT2D eigenvalue weighted by atomic mass is 79.9. The number of halogens is 1. The van der Waals surface area contributed by atoms with E-state index < -0.39 is 0 Å². The maximum Gasteiger partial charge on any atom is 0.0389 e. The Morgan fingerprint density at radius 1 is 1.33 bits per heavy atom. The van der Waals surface area contributed by atoms with E-state index in [0.717, 1.165) is 0 Å². The molecule has 2 rings (SSSR count). The molecule has 0 bridgehead atoms. The van der Waals surface area contributed by atoms with E-state index >= 15 is 0 Å². The predicted octanol–water partition coefficient (Wildman–Crippen LogP) is 3.37. The van der Waals surface area contributed by atoms with Crippen molar-refractivity contribution >= 4 is 21.6 Å². The minimum absolute atomic E-state index is 0.554. The van der Waals surface area contributed by atoms with Crippen LogP contribution < -0.4 is 5.32 Å². The fourth-order valence-corrected chi connectivity index (χ4v) is 2.47. The monoisotopic (exact) mass is 225 g/mol. The Labute approximate surface area is 81.3 Å². The number of fused-ring (bicyclic) bond motifs is 1. The molecule has 0 aliphatic carbocycles. The maximum absolute atomic E-state index is 3.58. The van der Waals surface area contributed by atoms with Crippen molar-refractivity contribution < 1.29 is 0 Å². The molecule has 0 radical (unpaired) electrons. The zero-order valence-corrected chi connectivity index (χ0v) is 8.85. The lowest BCUT2D eigenvalue weighted by atomic mass is 9.99. The molecule has 1 aliphatic rings. The van der Waals surface area contributed by atoms with E-state index in [-0.39, 0.29) is 0 Å². The minimum atomic E-state index is 0.554. The summed E-state index contributed by atoms with van der Waals surface area (Å²) in [6, 6.07) is 6.87. The van der Waals surface area contributed by atoms with Gasteiger partial charge in [-0.3, -0.25) is 0 Å². The lowest BCUT2D eigenvalue weighted by Crippen LogP contribution is -2.12. The van der Waals surface area contributed by atoms with E-state index in [9.17, 15) is 0 Å². The Balaban J connectivity index is 2.55. The first kappa shape index (κ1) is 8.11. The van der Waals surface area contributed by atoms with Crippen molar-refractivity contribution in [1.82, 2.24) is 0 Å². The first-order valence-corrected chi connectivity index (χ1v) is 5.04. The molecule has 1 aromatic rings. The van der Waals surface area contributed by atoms with Crippen LogP contribution in [0.2, 0.25) is 0 Å². The standard InChI is InChI=1S/C10H12BrN/c1-6-7(2)12-9-5-3-4-8(11)10(6)9/h3-7,12H,1-2H3. The van der Waals surface area contributed by atoms with Gasteiger partial charge in [0.05, 0.1) is 0 Å². The van der Waals surface area contributed by atoms with Gasteiger partial charge in [0.1, 0.15) is 0 Å². The summed E-state index contributed by atoms with van der Waals surface area (Å²) in [5.74, 6) is 0.607. The van der Waals surface area contributed by atoms with Gasteiger partial charge in [-0.05, 0) is 24.6 Å². The Hall–Kier alpha value is -0.500. The van der Waals surface area contributed by atoms with Crippen LogP contribution in [0.4, 0.5) is 5.69 Å². The first-order valence-electron chi connectivity index (χ1n) is 4.25. The molecule has 2 heteroatoms. The van der Waals surface area contributed by atoms with E-state index in [1.54, 1.807) is 0 Å². The fourth-order valence-electron chi connectivity index (χ4n) is 1.75. The summed E-state index contributed by atoms with van der Waals surface area (Å²) >= 11 is 3.58. The van der Waals surface area contributed by atoms with Crippen molar-refractivity contribution in [3.8, 4) is 0 Å². The van der Waals surface area contributed by atoms with Gasteiger partial charge < -0.3 is 5.32 Å². The summed E-state index contributed by atoms with van der Waals surface area (Å²) < 4.78 is 1.23. The number of rotatable bonds is 0. The van der Waals surface area contributed by atoms with Gasteiger partial charge in [-0.1, -0.05) is 28.9 Å². The Kier molecular flexibility index (Phi) is 1.87. The molecule has 0 aromatic heterocycles. The van der Waals surface area contributed by atoms with Crippen molar-refractivity contribution in [2.24, 2.45) is 0 Å². The molecule has 2 unspecified atom stereocenters. The highest BCUT2D eigenvalue weighted by Gasteiger charge is 2.26. The van der Waals surface area contributed by atoms with Crippen molar-refractivity contribution in [2.45, 2.75) is 25.8 Å². The van der Waals surface area contributed by atoms with Crippen LogP contribution in [0.15, 0.2) is 22.7 Å². The zero-order valence-electron chi connectivity index (χ0n) is 7.26. The Morgan fingerprint density at radius 3 is 2.75 bits per heavy atom. The topological polar surface area (TPSA) is 12.0 Å². The van der Waals surface area contributed by atoms with E-state index in [1.807, 2.05) is 0 Å². The number of hydrogen-bond acceptors (Lipinski definition) is 1. The molecule has 64 valence electrons. The Bertz CT molecular complexity index is 309. The molecule has 1 aliphatic heterocycles. The third kappa shape index (κ3) is 1.06. The van der Waals surface area contributed by atoms with Gasteiger partial charge in [-0.2, -0.15) is 0 Å². The SMILES string of the molecule is CC1Nc2cccc(Br)c2C1C. The largest absolute Gasteiger partial charge is 0.382 e. The third-order valence-corrected chi connectivity index (χ3v) is 3.33. The Morgan fingerprint density at radius 2 is 2.08 bits per heavy atom. The average Bonchev–Trinajstić information content (AvgIpc) is 2.29.